The van der Waals surface area contributed by atoms with E-state index in [4.69, 9.17) is 11.6 Å². The summed E-state index contributed by atoms with van der Waals surface area (Å²) in [4.78, 5) is 25.6. The molecule has 0 bridgehead atoms. The Balaban J connectivity index is 2.63. The Hall–Kier alpha value is -1.55. The number of rotatable bonds is 8. The molecule has 1 aromatic carbocycles. The van der Waals surface area contributed by atoms with E-state index < -0.39 is 6.04 Å². The number of hydrogen-bond acceptors (Lipinski definition) is 2. The van der Waals surface area contributed by atoms with E-state index in [1.807, 2.05) is 12.1 Å². The van der Waals surface area contributed by atoms with E-state index in [1.54, 1.807) is 24.0 Å². The molecule has 22 heavy (non-hydrogen) atoms. The quantitative estimate of drug-likeness (QED) is 0.745. The molecule has 0 fully saturated rings. The van der Waals surface area contributed by atoms with Crippen LogP contribution in [0.1, 0.15) is 45.6 Å². The first-order valence-corrected chi connectivity index (χ1v) is 8.12. The molecule has 2 amide bonds. The summed E-state index contributed by atoms with van der Waals surface area (Å²) >= 11 is 5.86. The van der Waals surface area contributed by atoms with Crippen LogP contribution in [0.25, 0.3) is 0 Å². The molecular formula is C17H25ClN2O2. The number of hydrogen-bond donors (Lipinski definition) is 1. The van der Waals surface area contributed by atoms with Crippen molar-refractivity contribution in [1.29, 1.82) is 0 Å². The molecule has 5 heteroatoms. The van der Waals surface area contributed by atoms with Gasteiger partial charge in [0.1, 0.15) is 6.04 Å². The summed E-state index contributed by atoms with van der Waals surface area (Å²) in [6.45, 7) is 6.41. The van der Waals surface area contributed by atoms with Crippen LogP contribution in [0.5, 0.6) is 0 Å². The van der Waals surface area contributed by atoms with E-state index in [1.165, 1.54) is 6.92 Å². The molecule has 0 aromatic heterocycles. The minimum atomic E-state index is -0.491. The minimum Gasteiger partial charge on any atom is -0.354 e. The lowest BCUT2D eigenvalue weighted by Crippen LogP contribution is -2.47. The zero-order valence-corrected chi connectivity index (χ0v) is 14.3. The van der Waals surface area contributed by atoms with Crippen LogP contribution < -0.4 is 5.32 Å². The molecule has 0 spiro atoms. The van der Waals surface area contributed by atoms with Crippen molar-refractivity contribution < 1.29 is 9.59 Å². The van der Waals surface area contributed by atoms with Crippen molar-refractivity contribution in [2.24, 2.45) is 0 Å². The van der Waals surface area contributed by atoms with Gasteiger partial charge in [0.2, 0.25) is 11.8 Å². The highest BCUT2D eigenvalue weighted by atomic mass is 35.5. The fraction of sp³-hybridized carbons (Fsp3) is 0.529. The summed E-state index contributed by atoms with van der Waals surface area (Å²) in [5, 5.41) is 3.55. The predicted molar refractivity (Wildman–Crippen MR) is 89.7 cm³/mol. The number of nitrogens with one attached hydrogen (secondary N) is 1. The zero-order valence-electron chi connectivity index (χ0n) is 13.6. The topological polar surface area (TPSA) is 49.4 Å². The maximum Gasteiger partial charge on any atom is 0.242 e. The molecule has 0 saturated heterocycles. The third-order valence-corrected chi connectivity index (χ3v) is 3.85. The smallest absolute Gasteiger partial charge is 0.242 e. The van der Waals surface area contributed by atoms with Crippen LogP contribution in [-0.2, 0) is 16.1 Å². The molecule has 0 heterocycles. The summed E-state index contributed by atoms with van der Waals surface area (Å²) < 4.78 is 0. The van der Waals surface area contributed by atoms with E-state index in [0.717, 1.165) is 24.8 Å². The molecule has 0 unspecified atom stereocenters. The van der Waals surface area contributed by atoms with Gasteiger partial charge in [0.05, 0.1) is 0 Å². The Labute approximate surface area is 137 Å². The Morgan fingerprint density at radius 3 is 2.41 bits per heavy atom. The average Bonchev–Trinajstić information content (AvgIpc) is 2.49. The SMILES string of the molecule is CCCCCNC(=O)[C@H](C)N(Cc1ccc(Cl)cc1)C(C)=O. The van der Waals surface area contributed by atoms with Gasteiger partial charge in [-0.3, -0.25) is 9.59 Å². The van der Waals surface area contributed by atoms with E-state index in [-0.39, 0.29) is 11.8 Å². The summed E-state index contributed by atoms with van der Waals surface area (Å²) in [6.07, 6.45) is 3.17. The van der Waals surface area contributed by atoms with Gasteiger partial charge in [-0.2, -0.15) is 0 Å². The predicted octanol–water partition coefficient (Wildman–Crippen LogP) is 3.38. The van der Waals surface area contributed by atoms with E-state index >= 15 is 0 Å². The molecule has 122 valence electrons. The molecule has 0 saturated carbocycles. The number of amides is 2. The fourth-order valence-corrected chi connectivity index (χ4v) is 2.31. The molecule has 1 aromatic rings. The Morgan fingerprint density at radius 2 is 1.86 bits per heavy atom. The van der Waals surface area contributed by atoms with Gasteiger partial charge >= 0.3 is 0 Å². The fourth-order valence-electron chi connectivity index (χ4n) is 2.18. The van der Waals surface area contributed by atoms with Gasteiger partial charge in [0.25, 0.3) is 0 Å². The summed E-state index contributed by atoms with van der Waals surface area (Å²) in [5.41, 5.74) is 0.949. The van der Waals surface area contributed by atoms with Gasteiger partial charge in [-0.15, -0.1) is 0 Å². The normalized spacial score (nSPS) is 11.8. The van der Waals surface area contributed by atoms with Crippen LogP contribution in [0.15, 0.2) is 24.3 Å². The second kappa shape index (κ2) is 9.46. The summed E-state index contributed by atoms with van der Waals surface area (Å²) in [6, 6.07) is 6.80. The van der Waals surface area contributed by atoms with Gasteiger partial charge in [0.15, 0.2) is 0 Å². The van der Waals surface area contributed by atoms with Crippen molar-refractivity contribution >= 4 is 23.4 Å². The first kappa shape index (κ1) is 18.5. The number of halogens is 1. The van der Waals surface area contributed by atoms with Crippen LogP contribution in [0.2, 0.25) is 5.02 Å². The summed E-state index contributed by atoms with van der Waals surface area (Å²) in [5.74, 6) is -0.230. The standard InChI is InChI=1S/C17H25ClN2O2/c1-4-5-6-11-19-17(22)13(2)20(14(3)21)12-15-7-9-16(18)10-8-15/h7-10,13H,4-6,11-12H2,1-3H3,(H,19,22)/t13-/m0/s1. The van der Waals surface area contributed by atoms with Gasteiger partial charge in [-0.05, 0) is 31.0 Å². The van der Waals surface area contributed by atoms with Crippen molar-refractivity contribution in [2.45, 2.75) is 52.6 Å². The lowest BCUT2D eigenvalue weighted by atomic mass is 10.1. The van der Waals surface area contributed by atoms with Crippen LogP contribution in [0, 0.1) is 0 Å². The Kier molecular flexibility index (Phi) is 7.96. The van der Waals surface area contributed by atoms with E-state index in [9.17, 15) is 9.59 Å². The molecule has 1 rings (SSSR count). The molecular weight excluding hydrogens is 300 g/mol. The first-order valence-electron chi connectivity index (χ1n) is 7.75. The van der Waals surface area contributed by atoms with Crippen LogP contribution in [0.3, 0.4) is 0 Å². The van der Waals surface area contributed by atoms with E-state index in [2.05, 4.69) is 12.2 Å². The molecule has 1 N–H and O–H groups in total. The third-order valence-electron chi connectivity index (χ3n) is 3.60. The van der Waals surface area contributed by atoms with Crippen molar-refractivity contribution in [3.8, 4) is 0 Å². The molecule has 0 radical (unpaired) electrons. The maximum atomic E-state index is 12.2. The van der Waals surface area contributed by atoms with Gasteiger partial charge < -0.3 is 10.2 Å². The third kappa shape index (κ3) is 6.06. The summed E-state index contributed by atoms with van der Waals surface area (Å²) in [7, 11) is 0. The van der Waals surface area contributed by atoms with Crippen LogP contribution in [-0.4, -0.2) is 29.3 Å². The molecule has 0 aliphatic rings. The minimum absolute atomic E-state index is 0.111. The molecule has 1 atom stereocenters. The first-order chi connectivity index (χ1) is 10.5. The van der Waals surface area contributed by atoms with Crippen molar-refractivity contribution in [1.82, 2.24) is 10.2 Å². The number of nitrogens with zero attached hydrogens (tertiary/aromatic N) is 1. The Morgan fingerprint density at radius 1 is 1.23 bits per heavy atom. The average molecular weight is 325 g/mol. The number of benzene rings is 1. The van der Waals surface area contributed by atoms with Gasteiger partial charge in [-0.1, -0.05) is 43.5 Å². The van der Waals surface area contributed by atoms with Gasteiger partial charge in [-0.25, -0.2) is 0 Å². The second-order valence-electron chi connectivity index (χ2n) is 5.45. The molecule has 0 aliphatic carbocycles. The molecule has 0 aliphatic heterocycles. The number of carbonyl (C=O) groups is 2. The van der Waals surface area contributed by atoms with Crippen molar-refractivity contribution in [3.05, 3.63) is 34.9 Å². The van der Waals surface area contributed by atoms with E-state index in [0.29, 0.717) is 18.1 Å². The van der Waals surface area contributed by atoms with Crippen LogP contribution in [0.4, 0.5) is 0 Å². The highest BCUT2D eigenvalue weighted by molar-refractivity contribution is 6.30. The zero-order chi connectivity index (χ0) is 16.5. The monoisotopic (exact) mass is 324 g/mol. The van der Waals surface area contributed by atoms with Crippen LogP contribution >= 0.6 is 11.6 Å². The highest BCUT2D eigenvalue weighted by Crippen LogP contribution is 2.13. The second-order valence-corrected chi connectivity index (χ2v) is 5.88. The van der Waals surface area contributed by atoms with Gasteiger partial charge in [0, 0.05) is 25.0 Å². The lowest BCUT2D eigenvalue weighted by molar-refractivity contribution is -0.138. The molecule has 4 nitrogen and oxygen atoms in total. The lowest BCUT2D eigenvalue weighted by Gasteiger charge is -2.27. The largest absolute Gasteiger partial charge is 0.354 e. The maximum absolute atomic E-state index is 12.2. The number of unbranched alkanes of at least 4 members (excludes halogenated alkanes) is 2. The Bertz CT molecular complexity index is 488. The number of carbonyl (C=O) groups excluding carboxylic acids is 2. The highest BCUT2D eigenvalue weighted by Gasteiger charge is 2.23. The van der Waals surface area contributed by atoms with Crippen molar-refractivity contribution in [3.63, 3.8) is 0 Å². The van der Waals surface area contributed by atoms with Crippen molar-refractivity contribution in [2.75, 3.05) is 6.54 Å².